The maximum Gasteiger partial charge on any atom is 0.191 e. The van der Waals surface area contributed by atoms with Crippen molar-refractivity contribution in [2.75, 3.05) is 5.75 Å². The number of benzene rings is 2. The highest BCUT2D eigenvalue weighted by Crippen LogP contribution is 2.28. The number of rotatable bonds is 5. The van der Waals surface area contributed by atoms with Gasteiger partial charge in [0.2, 0.25) is 0 Å². The summed E-state index contributed by atoms with van der Waals surface area (Å²) < 4.78 is 1.86. The molecule has 4 nitrogen and oxygen atoms in total. The van der Waals surface area contributed by atoms with E-state index in [1.807, 2.05) is 67.9 Å². The SMILES string of the molecule is Cc1ccc(C)c(C(=O)CSc2nnc(-c3ccccc3Cl)n2C)c1. The Kier molecular flexibility index (Phi) is 5.25. The maximum atomic E-state index is 12.5. The molecule has 1 heterocycles. The standard InChI is InChI=1S/C19H18ClN3OS/c1-12-8-9-13(2)15(10-12)17(24)11-25-19-22-21-18(23(19)3)14-6-4-5-7-16(14)20/h4-10H,11H2,1-3H3. The molecule has 0 spiro atoms. The van der Waals surface area contributed by atoms with Gasteiger partial charge < -0.3 is 4.57 Å². The van der Waals surface area contributed by atoms with E-state index in [2.05, 4.69) is 10.2 Å². The molecule has 3 rings (SSSR count). The van der Waals surface area contributed by atoms with Crippen LogP contribution in [0.4, 0.5) is 0 Å². The quantitative estimate of drug-likeness (QED) is 0.480. The first kappa shape index (κ1) is 17.7. The molecule has 1 aromatic heterocycles. The minimum atomic E-state index is 0.0912. The van der Waals surface area contributed by atoms with Gasteiger partial charge in [0, 0.05) is 18.2 Å². The Labute approximate surface area is 156 Å². The van der Waals surface area contributed by atoms with Crippen LogP contribution in [-0.2, 0) is 7.05 Å². The zero-order chi connectivity index (χ0) is 18.0. The van der Waals surface area contributed by atoms with E-state index in [0.29, 0.717) is 21.8 Å². The molecule has 0 bridgehead atoms. The second-order valence-electron chi connectivity index (χ2n) is 5.88. The Hall–Kier alpha value is -2.11. The van der Waals surface area contributed by atoms with Crippen molar-refractivity contribution in [3.05, 3.63) is 64.2 Å². The molecule has 0 aliphatic carbocycles. The minimum absolute atomic E-state index is 0.0912. The molecule has 25 heavy (non-hydrogen) atoms. The molecular formula is C19H18ClN3OS. The summed E-state index contributed by atoms with van der Waals surface area (Å²) in [4.78, 5) is 12.5. The molecule has 0 aliphatic rings. The van der Waals surface area contributed by atoms with Crippen molar-refractivity contribution >= 4 is 29.1 Å². The number of ketones is 1. The van der Waals surface area contributed by atoms with Gasteiger partial charge in [-0.15, -0.1) is 10.2 Å². The van der Waals surface area contributed by atoms with Crippen LogP contribution in [0.15, 0.2) is 47.6 Å². The molecule has 128 valence electrons. The number of thioether (sulfide) groups is 1. The van der Waals surface area contributed by atoms with Gasteiger partial charge in [-0.25, -0.2) is 0 Å². The second-order valence-corrected chi connectivity index (χ2v) is 7.22. The summed E-state index contributed by atoms with van der Waals surface area (Å²) in [5, 5.41) is 9.74. The van der Waals surface area contributed by atoms with Gasteiger partial charge in [-0.05, 0) is 37.6 Å². The molecular weight excluding hydrogens is 354 g/mol. The number of hydrogen-bond acceptors (Lipinski definition) is 4. The predicted octanol–water partition coefficient (Wildman–Crippen LogP) is 4.73. The number of aryl methyl sites for hydroxylation is 2. The van der Waals surface area contributed by atoms with Crippen LogP contribution in [0, 0.1) is 13.8 Å². The largest absolute Gasteiger partial charge is 0.305 e. The highest BCUT2D eigenvalue weighted by atomic mass is 35.5. The molecule has 0 saturated carbocycles. The lowest BCUT2D eigenvalue weighted by Gasteiger charge is -2.07. The molecule has 2 aromatic carbocycles. The topological polar surface area (TPSA) is 47.8 Å². The van der Waals surface area contributed by atoms with Crippen molar-refractivity contribution in [3.63, 3.8) is 0 Å². The monoisotopic (exact) mass is 371 g/mol. The lowest BCUT2D eigenvalue weighted by Crippen LogP contribution is -2.06. The van der Waals surface area contributed by atoms with E-state index in [4.69, 9.17) is 11.6 Å². The van der Waals surface area contributed by atoms with Gasteiger partial charge in [-0.2, -0.15) is 0 Å². The van der Waals surface area contributed by atoms with E-state index in [0.717, 1.165) is 22.3 Å². The van der Waals surface area contributed by atoms with Crippen LogP contribution in [0.3, 0.4) is 0 Å². The lowest BCUT2D eigenvalue weighted by molar-refractivity contribution is 0.102. The number of carbonyl (C=O) groups excluding carboxylic acids is 1. The second kappa shape index (κ2) is 7.42. The van der Waals surface area contributed by atoms with Crippen molar-refractivity contribution in [1.82, 2.24) is 14.8 Å². The molecule has 6 heteroatoms. The van der Waals surface area contributed by atoms with Crippen LogP contribution < -0.4 is 0 Å². The van der Waals surface area contributed by atoms with E-state index in [-0.39, 0.29) is 5.78 Å². The van der Waals surface area contributed by atoms with Crippen molar-refractivity contribution in [2.24, 2.45) is 7.05 Å². The Morgan fingerprint density at radius 2 is 1.92 bits per heavy atom. The number of halogens is 1. The first-order valence-electron chi connectivity index (χ1n) is 7.85. The number of nitrogens with zero attached hydrogens (tertiary/aromatic N) is 3. The third-order valence-electron chi connectivity index (χ3n) is 3.98. The molecule has 3 aromatic rings. The molecule has 0 radical (unpaired) electrons. The molecule has 0 amide bonds. The Balaban J connectivity index is 1.78. The summed E-state index contributed by atoms with van der Waals surface area (Å²) >= 11 is 7.62. The van der Waals surface area contributed by atoms with Crippen LogP contribution in [0.25, 0.3) is 11.4 Å². The molecule has 0 aliphatic heterocycles. The van der Waals surface area contributed by atoms with Crippen molar-refractivity contribution in [1.29, 1.82) is 0 Å². The predicted molar refractivity (Wildman–Crippen MR) is 102 cm³/mol. The van der Waals surface area contributed by atoms with E-state index in [1.54, 1.807) is 0 Å². The number of Topliss-reactive ketones (excluding diaryl/α,β-unsaturated/α-hetero) is 1. The van der Waals surface area contributed by atoms with Gasteiger partial charge in [-0.1, -0.05) is 53.2 Å². The van der Waals surface area contributed by atoms with Gasteiger partial charge in [0.05, 0.1) is 10.8 Å². The van der Waals surface area contributed by atoms with Gasteiger partial charge in [0.1, 0.15) is 0 Å². The first-order valence-corrected chi connectivity index (χ1v) is 9.21. The van der Waals surface area contributed by atoms with Crippen molar-refractivity contribution in [2.45, 2.75) is 19.0 Å². The van der Waals surface area contributed by atoms with Crippen LogP contribution in [0.2, 0.25) is 5.02 Å². The zero-order valence-corrected chi connectivity index (χ0v) is 15.9. The summed E-state index contributed by atoms with van der Waals surface area (Å²) in [5.41, 5.74) is 3.66. The zero-order valence-electron chi connectivity index (χ0n) is 14.3. The highest BCUT2D eigenvalue weighted by Gasteiger charge is 2.16. The Morgan fingerprint density at radius 3 is 2.68 bits per heavy atom. The Bertz CT molecular complexity index is 936. The van der Waals surface area contributed by atoms with Crippen LogP contribution >= 0.6 is 23.4 Å². The van der Waals surface area contributed by atoms with Gasteiger partial charge >= 0.3 is 0 Å². The van der Waals surface area contributed by atoms with E-state index in [1.165, 1.54) is 11.8 Å². The average Bonchev–Trinajstić information content (AvgIpc) is 2.96. The number of aromatic nitrogens is 3. The van der Waals surface area contributed by atoms with Crippen LogP contribution in [0.5, 0.6) is 0 Å². The maximum absolute atomic E-state index is 12.5. The third-order valence-corrected chi connectivity index (χ3v) is 5.33. The van der Waals surface area contributed by atoms with E-state index < -0.39 is 0 Å². The molecule has 0 saturated heterocycles. The van der Waals surface area contributed by atoms with E-state index in [9.17, 15) is 4.79 Å². The normalized spacial score (nSPS) is 10.9. The smallest absolute Gasteiger partial charge is 0.191 e. The summed E-state index contributed by atoms with van der Waals surface area (Å²) in [5.74, 6) is 1.10. The molecule has 0 unspecified atom stereocenters. The van der Waals surface area contributed by atoms with E-state index >= 15 is 0 Å². The van der Waals surface area contributed by atoms with Crippen molar-refractivity contribution in [3.8, 4) is 11.4 Å². The van der Waals surface area contributed by atoms with Gasteiger partial charge in [-0.3, -0.25) is 4.79 Å². The fraction of sp³-hybridized carbons (Fsp3) is 0.211. The third kappa shape index (κ3) is 3.78. The molecule has 0 fully saturated rings. The van der Waals surface area contributed by atoms with Gasteiger partial charge in [0.15, 0.2) is 16.8 Å². The number of carbonyl (C=O) groups is 1. The molecule has 0 atom stereocenters. The summed E-state index contributed by atoms with van der Waals surface area (Å²) in [7, 11) is 1.88. The van der Waals surface area contributed by atoms with Crippen molar-refractivity contribution < 1.29 is 4.79 Å². The fourth-order valence-corrected chi connectivity index (χ4v) is 3.58. The first-order chi connectivity index (χ1) is 12.0. The summed E-state index contributed by atoms with van der Waals surface area (Å²) in [6.45, 7) is 3.94. The van der Waals surface area contributed by atoms with Crippen LogP contribution in [-0.4, -0.2) is 26.3 Å². The Morgan fingerprint density at radius 1 is 1.16 bits per heavy atom. The average molecular weight is 372 g/mol. The highest BCUT2D eigenvalue weighted by molar-refractivity contribution is 7.99. The number of hydrogen-bond donors (Lipinski definition) is 0. The van der Waals surface area contributed by atoms with Gasteiger partial charge in [0.25, 0.3) is 0 Å². The minimum Gasteiger partial charge on any atom is -0.305 e. The summed E-state index contributed by atoms with van der Waals surface area (Å²) in [6.07, 6.45) is 0. The fourth-order valence-electron chi connectivity index (χ4n) is 2.56. The lowest BCUT2D eigenvalue weighted by atomic mass is 10.0. The molecule has 0 N–H and O–H groups in total. The van der Waals surface area contributed by atoms with Crippen LogP contribution in [0.1, 0.15) is 21.5 Å². The summed E-state index contributed by atoms with van der Waals surface area (Å²) in [6, 6.07) is 13.4.